The summed E-state index contributed by atoms with van der Waals surface area (Å²) >= 11 is 5.85. The van der Waals surface area contributed by atoms with Crippen LogP contribution in [0.15, 0.2) is 18.2 Å². The second kappa shape index (κ2) is 3.59. The third-order valence-corrected chi connectivity index (χ3v) is 2.65. The highest BCUT2D eigenvalue weighted by atomic mass is 35.5. The minimum atomic E-state index is -0.173. The number of ketones is 1. The van der Waals surface area contributed by atoms with E-state index in [1.54, 1.807) is 0 Å². The lowest BCUT2D eigenvalue weighted by Crippen LogP contribution is -2.32. The molecular weight excluding hydrogens is 200 g/mol. The minimum absolute atomic E-state index is 0.0392. The second-order valence-corrected chi connectivity index (χ2v) is 3.81. The van der Waals surface area contributed by atoms with Crippen LogP contribution in [0.5, 0.6) is 0 Å². The number of nitrogens with one attached hydrogen (secondary N) is 1. The van der Waals surface area contributed by atoms with E-state index < -0.39 is 0 Å². The van der Waals surface area contributed by atoms with Crippen molar-refractivity contribution in [1.29, 1.82) is 0 Å². The molecule has 1 aromatic rings. The highest BCUT2D eigenvalue weighted by molar-refractivity contribution is 6.30. The Bertz CT molecular complexity index is 378. The molecule has 14 heavy (non-hydrogen) atoms. The Morgan fingerprint density at radius 3 is 3.14 bits per heavy atom. The Kier molecular flexibility index (Phi) is 2.44. The molecule has 0 bridgehead atoms. The molecule has 0 saturated heterocycles. The quantitative estimate of drug-likeness (QED) is 0.772. The predicted octanol–water partition coefficient (Wildman–Crippen LogP) is 1.20. The predicted molar refractivity (Wildman–Crippen MR) is 56.6 cm³/mol. The lowest BCUT2D eigenvalue weighted by molar-refractivity contribution is -0.118. The lowest BCUT2D eigenvalue weighted by Gasteiger charge is -2.07. The number of halogens is 1. The summed E-state index contributed by atoms with van der Waals surface area (Å²) < 4.78 is 0. The average molecular weight is 211 g/mol. The minimum Gasteiger partial charge on any atom is -0.375 e. The Balaban J connectivity index is 2.22. The van der Waals surface area contributed by atoms with Gasteiger partial charge in [0, 0.05) is 17.1 Å². The normalized spacial score (nSPS) is 18.9. The standard InChI is InChI=1S/C10H11ClN2O/c11-7-1-2-8-6(3-7)4-9(13-8)10(14)5-12/h1-3,9,13H,4-5,12H2. The number of nitrogens with two attached hydrogens (primary N) is 1. The monoisotopic (exact) mass is 210 g/mol. The second-order valence-electron chi connectivity index (χ2n) is 3.37. The number of Topliss-reactive ketones (excluding diaryl/α,β-unsaturated/α-hetero) is 1. The number of carbonyl (C=O) groups excluding carboxylic acids is 1. The van der Waals surface area contributed by atoms with Gasteiger partial charge in [-0.1, -0.05) is 11.6 Å². The first kappa shape index (κ1) is 9.49. The molecule has 0 spiro atoms. The summed E-state index contributed by atoms with van der Waals surface area (Å²) in [6.07, 6.45) is 0.686. The van der Waals surface area contributed by atoms with Crippen LogP contribution in [0, 0.1) is 0 Å². The van der Waals surface area contributed by atoms with E-state index in [0.29, 0.717) is 11.4 Å². The van der Waals surface area contributed by atoms with E-state index in [9.17, 15) is 4.79 Å². The summed E-state index contributed by atoms with van der Waals surface area (Å²) in [6, 6.07) is 5.41. The van der Waals surface area contributed by atoms with Crippen LogP contribution in [0.25, 0.3) is 0 Å². The van der Waals surface area contributed by atoms with Crippen LogP contribution >= 0.6 is 11.6 Å². The summed E-state index contributed by atoms with van der Waals surface area (Å²) in [5.74, 6) is 0.0392. The van der Waals surface area contributed by atoms with Gasteiger partial charge in [-0.25, -0.2) is 0 Å². The third kappa shape index (κ3) is 1.61. The first-order valence-electron chi connectivity index (χ1n) is 4.48. The van der Waals surface area contributed by atoms with Gasteiger partial charge in [-0.2, -0.15) is 0 Å². The Morgan fingerprint density at radius 1 is 1.64 bits per heavy atom. The molecule has 0 fully saturated rings. The molecule has 0 radical (unpaired) electrons. The van der Waals surface area contributed by atoms with E-state index >= 15 is 0 Å². The highest BCUT2D eigenvalue weighted by Crippen LogP contribution is 2.28. The van der Waals surface area contributed by atoms with Crippen LogP contribution < -0.4 is 11.1 Å². The van der Waals surface area contributed by atoms with Crippen molar-refractivity contribution in [3.05, 3.63) is 28.8 Å². The average Bonchev–Trinajstić information content (AvgIpc) is 2.59. The number of rotatable bonds is 2. The van der Waals surface area contributed by atoms with Gasteiger partial charge in [0.25, 0.3) is 0 Å². The van der Waals surface area contributed by atoms with Crippen molar-refractivity contribution < 1.29 is 4.79 Å². The number of carbonyl (C=O) groups is 1. The first-order valence-corrected chi connectivity index (χ1v) is 4.86. The lowest BCUT2D eigenvalue weighted by atomic mass is 10.1. The van der Waals surface area contributed by atoms with Crippen molar-refractivity contribution in [2.45, 2.75) is 12.5 Å². The van der Waals surface area contributed by atoms with Gasteiger partial charge in [-0.15, -0.1) is 0 Å². The Labute approximate surface area is 87.2 Å². The van der Waals surface area contributed by atoms with E-state index in [0.717, 1.165) is 11.3 Å². The van der Waals surface area contributed by atoms with E-state index in [2.05, 4.69) is 5.32 Å². The Morgan fingerprint density at radius 2 is 2.43 bits per heavy atom. The SMILES string of the molecule is NCC(=O)C1Cc2cc(Cl)ccc2N1. The zero-order valence-electron chi connectivity index (χ0n) is 7.59. The molecule has 3 nitrogen and oxygen atoms in total. The van der Waals surface area contributed by atoms with E-state index in [4.69, 9.17) is 17.3 Å². The van der Waals surface area contributed by atoms with Crippen molar-refractivity contribution in [2.24, 2.45) is 5.73 Å². The molecule has 1 aliphatic heterocycles. The smallest absolute Gasteiger partial charge is 0.168 e. The van der Waals surface area contributed by atoms with Gasteiger partial charge in [0.1, 0.15) is 0 Å². The molecule has 1 heterocycles. The van der Waals surface area contributed by atoms with Crippen molar-refractivity contribution in [1.82, 2.24) is 0 Å². The number of fused-ring (bicyclic) bond motifs is 1. The van der Waals surface area contributed by atoms with E-state index in [1.807, 2.05) is 18.2 Å². The third-order valence-electron chi connectivity index (χ3n) is 2.41. The molecule has 0 aromatic heterocycles. The molecule has 0 amide bonds. The fourth-order valence-electron chi connectivity index (χ4n) is 1.67. The fraction of sp³-hybridized carbons (Fsp3) is 0.300. The van der Waals surface area contributed by atoms with Crippen LogP contribution in [-0.2, 0) is 11.2 Å². The zero-order chi connectivity index (χ0) is 10.1. The molecule has 3 N–H and O–H groups in total. The summed E-state index contributed by atoms with van der Waals surface area (Å²) in [5, 5.41) is 3.82. The maximum Gasteiger partial charge on any atom is 0.168 e. The number of hydrogen-bond acceptors (Lipinski definition) is 3. The van der Waals surface area contributed by atoms with Gasteiger partial charge in [0.2, 0.25) is 0 Å². The molecule has 1 atom stereocenters. The number of benzene rings is 1. The molecule has 1 aromatic carbocycles. The van der Waals surface area contributed by atoms with Crippen molar-refractivity contribution in [2.75, 3.05) is 11.9 Å². The van der Waals surface area contributed by atoms with E-state index in [-0.39, 0.29) is 18.4 Å². The summed E-state index contributed by atoms with van der Waals surface area (Å²) in [4.78, 5) is 11.3. The molecule has 74 valence electrons. The highest BCUT2D eigenvalue weighted by Gasteiger charge is 2.25. The molecule has 4 heteroatoms. The molecule has 1 aliphatic rings. The van der Waals surface area contributed by atoms with Crippen LogP contribution in [0.2, 0.25) is 5.02 Å². The fourth-order valence-corrected chi connectivity index (χ4v) is 1.86. The van der Waals surface area contributed by atoms with Crippen molar-refractivity contribution in [3.8, 4) is 0 Å². The van der Waals surface area contributed by atoms with Crippen LogP contribution in [-0.4, -0.2) is 18.4 Å². The maximum absolute atomic E-state index is 11.3. The topological polar surface area (TPSA) is 55.1 Å². The number of hydrogen-bond donors (Lipinski definition) is 2. The van der Waals surface area contributed by atoms with Crippen molar-refractivity contribution in [3.63, 3.8) is 0 Å². The summed E-state index contributed by atoms with van der Waals surface area (Å²) in [6.45, 7) is 0.0827. The van der Waals surface area contributed by atoms with Crippen molar-refractivity contribution >= 4 is 23.1 Å². The largest absolute Gasteiger partial charge is 0.375 e. The van der Waals surface area contributed by atoms with Gasteiger partial charge < -0.3 is 11.1 Å². The Hall–Kier alpha value is -1.06. The van der Waals surface area contributed by atoms with Gasteiger partial charge in [-0.3, -0.25) is 4.79 Å². The first-order chi connectivity index (χ1) is 6.70. The maximum atomic E-state index is 11.3. The van der Waals surface area contributed by atoms with Crippen LogP contribution in [0.4, 0.5) is 5.69 Å². The molecule has 0 saturated carbocycles. The molecule has 1 unspecified atom stereocenters. The summed E-state index contributed by atoms with van der Waals surface area (Å²) in [5.41, 5.74) is 7.38. The van der Waals surface area contributed by atoms with Crippen LogP contribution in [0.3, 0.4) is 0 Å². The van der Waals surface area contributed by atoms with Gasteiger partial charge in [0.15, 0.2) is 5.78 Å². The van der Waals surface area contributed by atoms with Crippen LogP contribution in [0.1, 0.15) is 5.56 Å². The zero-order valence-corrected chi connectivity index (χ0v) is 8.34. The van der Waals surface area contributed by atoms with Gasteiger partial charge in [0.05, 0.1) is 12.6 Å². The molecule has 2 rings (SSSR count). The molecule has 0 aliphatic carbocycles. The van der Waals surface area contributed by atoms with E-state index in [1.165, 1.54) is 0 Å². The number of anilines is 1. The van der Waals surface area contributed by atoms with Gasteiger partial charge >= 0.3 is 0 Å². The van der Waals surface area contributed by atoms with Gasteiger partial charge in [-0.05, 0) is 23.8 Å². The molecular formula is C10H11ClN2O. The summed E-state index contributed by atoms with van der Waals surface area (Å²) in [7, 11) is 0.